The summed E-state index contributed by atoms with van der Waals surface area (Å²) in [6.07, 6.45) is 5.90. The van der Waals surface area contributed by atoms with Crippen molar-refractivity contribution in [3.63, 3.8) is 0 Å². The summed E-state index contributed by atoms with van der Waals surface area (Å²) < 4.78 is 14.7. The van der Waals surface area contributed by atoms with E-state index in [9.17, 15) is 24.0 Å². The zero-order valence-corrected chi connectivity index (χ0v) is 17.6. The zero-order chi connectivity index (χ0) is 22.7. The van der Waals surface area contributed by atoms with Gasteiger partial charge in [0.2, 0.25) is 0 Å². The van der Waals surface area contributed by atoms with Gasteiger partial charge in [-0.25, -0.2) is 9.59 Å². The lowest BCUT2D eigenvalue weighted by Crippen LogP contribution is -2.33. The number of carbonyl (C=O) groups is 5. The molecule has 0 N–H and O–H groups in total. The van der Waals surface area contributed by atoms with Crippen LogP contribution in [0.4, 0.5) is 0 Å². The molecular formula is C22H23NO8. The highest BCUT2D eigenvalue weighted by atomic mass is 16.5. The lowest BCUT2D eigenvalue weighted by molar-refractivity contribution is -0.141. The molecule has 0 unspecified atom stereocenters. The number of nitrogens with zero attached hydrogens (tertiary/aromatic N) is 1. The molecule has 3 rings (SSSR count). The molecule has 9 nitrogen and oxygen atoms in total. The Hall–Kier alpha value is -3.49. The smallest absolute Gasteiger partial charge is 0.338 e. The van der Waals surface area contributed by atoms with Gasteiger partial charge in [-0.05, 0) is 36.8 Å². The van der Waals surface area contributed by atoms with Gasteiger partial charge in [0.05, 0.1) is 43.0 Å². The molecule has 1 aliphatic heterocycles. The Labute approximate surface area is 178 Å². The Kier molecular flexibility index (Phi) is 6.53. The largest absolute Gasteiger partial charge is 0.465 e. The lowest BCUT2D eigenvalue weighted by atomic mass is 9.82. The molecule has 2 aliphatic rings. The van der Waals surface area contributed by atoms with E-state index in [0.717, 1.165) is 4.90 Å². The Balaban J connectivity index is 2.27. The van der Waals surface area contributed by atoms with Crippen LogP contribution in [-0.2, 0) is 31.8 Å². The molecule has 0 spiro atoms. The fourth-order valence-electron chi connectivity index (χ4n) is 4.02. The predicted molar refractivity (Wildman–Crippen MR) is 107 cm³/mol. The first-order valence-corrected chi connectivity index (χ1v) is 9.86. The summed E-state index contributed by atoms with van der Waals surface area (Å²) in [6, 6.07) is 0. The van der Waals surface area contributed by atoms with Gasteiger partial charge in [-0.15, -0.1) is 0 Å². The first-order valence-electron chi connectivity index (χ1n) is 9.86. The van der Waals surface area contributed by atoms with Crippen LogP contribution in [0.1, 0.15) is 72.3 Å². The van der Waals surface area contributed by atoms with Crippen LogP contribution in [0.3, 0.4) is 0 Å². The fourth-order valence-corrected chi connectivity index (χ4v) is 4.02. The Morgan fingerprint density at radius 1 is 0.871 bits per heavy atom. The number of carbonyl (C=O) groups excluding carboxylic acids is 5. The van der Waals surface area contributed by atoms with Crippen LogP contribution in [0.5, 0.6) is 0 Å². The van der Waals surface area contributed by atoms with E-state index in [1.165, 1.54) is 21.1 Å². The number of esters is 3. The van der Waals surface area contributed by atoms with E-state index < -0.39 is 29.7 Å². The summed E-state index contributed by atoms with van der Waals surface area (Å²) in [5.74, 6) is -3.54. The van der Waals surface area contributed by atoms with Gasteiger partial charge in [0, 0.05) is 6.92 Å². The average Bonchev–Trinajstić information content (AvgIpc) is 2.96. The number of imide groups is 1. The van der Waals surface area contributed by atoms with E-state index >= 15 is 0 Å². The molecule has 1 aromatic rings. The van der Waals surface area contributed by atoms with Crippen LogP contribution in [0.25, 0.3) is 0 Å². The number of fused-ring (bicyclic) bond motifs is 2. The van der Waals surface area contributed by atoms with Crippen molar-refractivity contribution in [2.45, 2.75) is 32.6 Å². The molecule has 31 heavy (non-hydrogen) atoms. The van der Waals surface area contributed by atoms with E-state index in [4.69, 9.17) is 14.2 Å². The monoisotopic (exact) mass is 429 g/mol. The van der Waals surface area contributed by atoms with Gasteiger partial charge in [0.1, 0.15) is 6.61 Å². The highest BCUT2D eigenvalue weighted by Crippen LogP contribution is 2.37. The number of allylic oxidation sites excluding steroid dienone is 2. The number of hydrogen-bond acceptors (Lipinski definition) is 8. The summed E-state index contributed by atoms with van der Waals surface area (Å²) in [5.41, 5.74) is 0.705. The summed E-state index contributed by atoms with van der Waals surface area (Å²) in [7, 11) is 2.38. The first-order chi connectivity index (χ1) is 14.8. The van der Waals surface area contributed by atoms with Crippen molar-refractivity contribution in [2.75, 3.05) is 27.4 Å². The van der Waals surface area contributed by atoms with Crippen LogP contribution in [0, 0.1) is 0 Å². The summed E-state index contributed by atoms with van der Waals surface area (Å²) in [5, 5.41) is 0. The van der Waals surface area contributed by atoms with Crippen molar-refractivity contribution < 1.29 is 38.2 Å². The molecule has 0 atom stereocenters. The number of amides is 2. The third-order valence-electron chi connectivity index (χ3n) is 5.32. The van der Waals surface area contributed by atoms with E-state index in [1.807, 2.05) is 12.2 Å². The number of rotatable bonds is 5. The van der Waals surface area contributed by atoms with Gasteiger partial charge < -0.3 is 14.2 Å². The molecule has 164 valence electrons. The van der Waals surface area contributed by atoms with Gasteiger partial charge in [0.25, 0.3) is 11.8 Å². The van der Waals surface area contributed by atoms with Crippen molar-refractivity contribution >= 4 is 29.7 Å². The molecule has 9 heteroatoms. The Morgan fingerprint density at radius 3 is 1.71 bits per heavy atom. The number of benzene rings is 1. The minimum Gasteiger partial charge on any atom is -0.465 e. The van der Waals surface area contributed by atoms with Crippen LogP contribution < -0.4 is 0 Å². The molecule has 2 amide bonds. The summed E-state index contributed by atoms with van der Waals surface area (Å²) >= 11 is 0. The standard InChI is InChI=1S/C22H23NO8/c1-12(24)31-11-10-23-19(25)17-15(21(27)29-2)13-8-6-4-5-7-9-14(13)16(22(28)30-3)18(17)20(23)26/h4-5H,6-11H2,1-3H3/b5-4+. The van der Waals surface area contributed by atoms with Gasteiger partial charge >= 0.3 is 17.9 Å². The molecule has 0 radical (unpaired) electrons. The second-order valence-electron chi connectivity index (χ2n) is 7.09. The van der Waals surface area contributed by atoms with Crippen molar-refractivity contribution in [3.8, 4) is 0 Å². The normalized spacial score (nSPS) is 16.0. The SMILES string of the molecule is COC(=O)c1c2c(c(C(=O)OC)c3c1C(=O)N(CCOC(C)=O)C3=O)CC/C=C/CC2. The number of hydrogen-bond donors (Lipinski definition) is 0. The minimum absolute atomic E-state index is 0.00351. The Bertz CT molecular complexity index is 938. The van der Waals surface area contributed by atoms with E-state index in [2.05, 4.69) is 0 Å². The molecule has 1 aromatic carbocycles. The average molecular weight is 429 g/mol. The van der Waals surface area contributed by atoms with Crippen molar-refractivity contribution in [2.24, 2.45) is 0 Å². The third kappa shape index (κ3) is 3.95. The predicted octanol–water partition coefficient (Wildman–Crippen LogP) is 1.85. The molecule has 0 saturated carbocycles. The van der Waals surface area contributed by atoms with Crippen LogP contribution in [0.15, 0.2) is 12.2 Å². The highest BCUT2D eigenvalue weighted by molar-refractivity contribution is 6.28. The molecule has 0 aromatic heterocycles. The molecule has 0 saturated heterocycles. The summed E-state index contributed by atoms with van der Waals surface area (Å²) in [4.78, 5) is 63.9. The van der Waals surface area contributed by atoms with E-state index in [1.54, 1.807) is 0 Å². The molecule has 1 aliphatic carbocycles. The number of ether oxygens (including phenoxy) is 3. The summed E-state index contributed by atoms with van der Waals surface area (Å²) in [6.45, 7) is 0.798. The van der Waals surface area contributed by atoms with Crippen LogP contribution in [-0.4, -0.2) is 62.0 Å². The zero-order valence-electron chi connectivity index (χ0n) is 17.6. The highest BCUT2D eigenvalue weighted by Gasteiger charge is 2.45. The topological polar surface area (TPSA) is 116 Å². The minimum atomic E-state index is -0.753. The lowest BCUT2D eigenvalue weighted by Gasteiger charge is -2.20. The second kappa shape index (κ2) is 9.11. The maximum atomic E-state index is 13.2. The van der Waals surface area contributed by atoms with Crippen LogP contribution >= 0.6 is 0 Å². The molecule has 0 fully saturated rings. The van der Waals surface area contributed by atoms with Crippen LogP contribution in [0.2, 0.25) is 0 Å². The van der Waals surface area contributed by atoms with Gasteiger partial charge in [0.15, 0.2) is 0 Å². The maximum Gasteiger partial charge on any atom is 0.338 e. The van der Waals surface area contributed by atoms with Gasteiger partial charge in [-0.1, -0.05) is 12.2 Å². The van der Waals surface area contributed by atoms with Gasteiger partial charge in [-0.3, -0.25) is 19.3 Å². The fraction of sp³-hybridized carbons (Fsp3) is 0.409. The van der Waals surface area contributed by atoms with Crippen molar-refractivity contribution in [1.29, 1.82) is 0 Å². The number of methoxy groups -OCH3 is 2. The molecule has 0 bridgehead atoms. The quantitative estimate of drug-likeness (QED) is 0.301. The van der Waals surface area contributed by atoms with E-state index in [-0.39, 0.29) is 35.4 Å². The molecule has 1 heterocycles. The first kappa shape index (κ1) is 22.2. The third-order valence-corrected chi connectivity index (χ3v) is 5.32. The van der Waals surface area contributed by atoms with E-state index in [0.29, 0.717) is 36.8 Å². The van der Waals surface area contributed by atoms with Crippen molar-refractivity contribution in [3.05, 3.63) is 45.5 Å². The van der Waals surface area contributed by atoms with Gasteiger partial charge in [-0.2, -0.15) is 0 Å². The second-order valence-corrected chi connectivity index (χ2v) is 7.09. The van der Waals surface area contributed by atoms with Crippen molar-refractivity contribution in [1.82, 2.24) is 4.90 Å². The Morgan fingerprint density at radius 2 is 1.32 bits per heavy atom. The maximum absolute atomic E-state index is 13.2. The molecular weight excluding hydrogens is 406 g/mol.